The fraction of sp³-hybridized carbons (Fsp3) is 0.849. The second-order valence-corrected chi connectivity index (χ2v) is 28.9. The molecule has 9 nitrogen and oxygen atoms in total. The molecule has 1 saturated heterocycles. The van der Waals surface area contributed by atoms with Gasteiger partial charge >= 0.3 is 0 Å². The maximum absolute atomic E-state index is 13.2. The van der Waals surface area contributed by atoms with E-state index < -0.39 is 49.5 Å². The van der Waals surface area contributed by atoms with Crippen molar-refractivity contribution in [1.82, 2.24) is 5.32 Å². The summed E-state index contributed by atoms with van der Waals surface area (Å²) in [5, 5.41) is 55.0. The molecular formula is C86H159NO8. The standard InChI is InChI=1S/C86H159NO8/c1-3-5-7-9-11-13-15-17-19-21-23-25-27-29-31-33-35-36-37-38-39-40-41-42-43-44-46-48-50-52-54-56-58-60-62-64-66-68-70-72-74-76-82(90)87-79(78-94-86-85(93)84(92)83(91)81(77-88)95-86)80(89)75-73-71-69-67-65-63-61-59-57-55-53-51-49-47-45-34-32-30-28-26-24-22-20-18-16-14-12-10-8-6-4-2/h5,7,11,13,17,19,23,25,29,31,73,75,79-81,83-86,88-89,91-93H,3-4,6,8-10,12,14-16,18,20-22,24,26-28,30,32-72,74,76-78H2,1-2H3,(H,87,90)/b7-5-,13-11-,19-17-,25-23-,31-29-,75-73+. The minimum Gasteiger partial charge on any atom is -0.394 e. The molecule has 7 atom stereocenters. The molecule has 0 aromatic carbocycles. The molecule has 7 unspecified atom stereocenters. The van der Waals surface area contributed by atoms with Crippen molar-refractivity contribution in [2.45, 2.75) is 455 Å². The Labute approximate surface area is 589 Å². The maximum atomic E-state index is 13.2. The lowest BCUT2D eigenvalue weighted by atomic mass is 9.99. The predicted octanol–water partition coefficient (Wildman–Crippen LogP) is 24.2. The number of hydrogen-bond acceptors (Lipinski definition) is 8. The van der Waals surface area contributed by atoms with Crippen LogP contribution in [0.25, 0.3) is 0 Å². The summed E-state index contributed by atoms with van der Waals surface area (Å²) in [6, 6.07) is -0.807. The highest BCUT2D eigenvalue weighted by atomic mass is 16.7. The van der Waals surface area contributed by atoms with Crippen LogP contribution in [0.5, 0.6) is 0 Å². The third kappa shape index (κ3) is 62.4. The van der Waals surface area contributed by atoms with Gasteiger partial charge in [-0.25, -0.2) is 0 Å². The van der Waals surface area contributed by atoms with Crippen LogP contribution in [-0.2, 0) is 14.3 Å². The van der Waals surface area contributed by atoms with Crippen LogP contribution in [0.1, 0.15) is 412 Å². The van der Waals surface area contributed by atoms with E-state index in [1.165, 1.54) is 321 Å². The number of unbranched alkanes of at least 4 members (excludes halogenated alkanes) is 54. The van der Waals surface area contributed by atoms with Gasteiger partial charge in [-0.15, -0.1) is 0 Å². The molecule has 0 spiro atoms. The quantitative estimate of drug-likeness (QED) is 0.0261. The highest BCUT2D eigenvalue weighted by Gasteiger charge is 2.44. The Balaban J connectivity index is 2.04. The van der Waals surface area contributed by atoms with Crippen LogP contribution in [-0.4, -0.2) is 87.5 Å². The van der Waals surface area contributed by atoms with Gasteiger partial charge in [-0.2, -0.15) is 0 Å². The third-order valence-electron chi connectivity index (χ3n) is 19.8. The third-order valence-corrected chi connectivity index (χ3v) is 19.8. The fourth-order valence-electron chi connectivity index (χ4n) is 13.4. The summed E-state index contributed by atoms with van der Waals surface area (Å²) in [5.41, 5.74) is 0. The lowest BCUT2D eigenvalue weighted by Gasteiger charge is -2.40. The molecule has 9 heteroatoms. The van der Waals surface area contributed by atoms with E-state index in [1.807, 2.05) is 6.08 Å². The van der Waals surface area contributed by atoms with Crippen molar-refractivity contribution in [2.24, 2.45) is 0 Å². The second kappa shape index (κ2) is 74.3. The minimum atomic E-state index is -1.57. The summed E-state index contributed by atoms with van der Waals surface area (Å²) >= 11 is 0. The molecule has 1 aliphatic heterocycles. The van der Waals surface area contributed by atoms with Gasteiger partial charge in [-0.05, 0) is 64.2 Å². The lowest BCUT2D eigenvalue weighted by Crippen LogP contribution is -2.60. The Bertz CT molecular complexity index is 1740. The van der Waals surface area contributed by atoms with Gasteiger partial charge in [0.2, 0.25) is 5.91 Å². The van der Waals surface area contributed by atoms with Crippen molar-refractivity contribution >= 4 is 5.91 Å². The van der Waals surface area contributed by atoms with Crippen molar-refractivity contribution in [3.05, 3.63) is 72.9 Å². The van der Waals surface area contributed by atoms with Crippen LogP contribution in [0.4, 0.5) is 0 Å². The summed E-state index contributed by atoms with van der Waals surface area (Å²) in [7, 11) is 0. The molecule has 1 heterocycles. The average Bonchev–Trinajstić information content (AvgIpc) is 0.836. The Hall–Kier alpha value is -2.37. The largest absolute Gasteiger partial charge is 0.394 e. The lowest BCUT2D eigenvalue weighted by molar-refractivity contribution is -0.302. The van der Waals surface area contributed by atoms with Crippen LogP contribution in [0.3, 0.4) is 0 Å². The topological polar surface area (TPSA) is 149 Å². The Morgan fingerprint density at radius 1 is 0.368 bits per heavy atom. The Morgan fingerprint density at radius 3 is 0.968 bits per heavy atom. The number of aliphatic hydroxyl groups is 5. The molecule has 1 amide bonds. The zero-order valence-electron chi connectivity index (χ0n) is 62.7. The SMILES string of the molecule is CC/C=C\C/C=C\C/C=C\C/C=C\C/C=C\CCCCCCCCCCCCCCCCCCCCCCCCCCCC(=O)NC(COC1OC(CO)C(O)C(O)C1O)C(O)/C=C/CCCCCCCCCCCCCCCCCCCCCCCCCCCCCCC. The van der Waals surface area contributed by atoms with Crippen LogP contribution in [0, 0.1) is 0 Å². The summed E-state index contributed by atoms with van der Waals surface area (Å²) in [6.45, 7) is 3.72. The van der Waals surface area contributed by atoms with Crippen LogP contribution < -0.4 is 5.32 Å². The Kier molecular flexibility index (Phi) is 70.9. The van der Waals surface area contributed by atoms with Crippen molar-refractivity contribution in [2.75, 3.05) is 13.2 Å². The van der Waals surface area contributed by atoms with E-state index in [1.54, 1.807) is 6.08 Å². The monoisotopic (exact) mass is 1330 g/mol. The molecule has 0 saturated carbocycles. The zero-order valence-corrected chi connectivity index (χ0v) is 62.7. The molecule has 1 aliphatic rings. The van der Waals surface area contributed by atoms with E-state index in [4.69, 9.17) is 9.47 Å². The number of allylic oxidation sites excluding steroid dienone is 11. The summed E-state index contributed by atoms with van der Waals surface area (Å²) in [6.07, 6.45) is 99.2. The average molecular weight is 1340 g/mol. The van der Waals surface area contributed by atoms with Gasteiger partial charge in [-0.1, -0.05) is 414 Å². The first-order valence-electron chi connectivity index (χ1n) is 41.7. The van der Waals surface area contributed by atoms with Crippen molar-refractivity contribution in [3.63, 3.8) is 0 Å². The number of nitrogens with one attached hydrogen (secondary N) is 1. The van der Waals surface area contributed by atoms with Crippen molar-refractivity contribution in [1.29, 1.82) is 0 Å². The normalized spacial score (nSPS) is 17.8. The van der Waals surface area contributed by atoms with Gasteiger partial charge in [0.25, 0.3) is 0 Å². The maximum Gasteiger partial charge on any atom is 0.220 e. The molecule has 0 bridgehead atoms. The molecule has 1 rings (SSSR count). The first kappa shape index (κ1) is 90.6. The molecule has 0 aromatic heterocycles. The van der Waals surface area contributed by atoms with Crippen LogP contribution in [0.2, 0.25) is 0 Å². The highest BCUT2D eigenvalue weighted by Crippen LogP contribution is 2.24. The molecule has 0 aliphatic carbocycles. The van der Waals surface area contributed by atoms with Gasteiger partial charge in [0, 0.05) is 6.42 Å². The number of amides is 1. The predicted molar refractivity (Wildman–Crippen MR) is 410 cm³/mol. The zero-order chi connectivity index (χ0) is 68.5. The molecular weight excluding hydrogens is 1170 g/mol. The van der Waals surface area contributed by atoms with Gasteiger partial charge in [0.05, 0.1) is 25.4 Å². The molecule has 6 N–H and O–H groups in total. The van der Waals surface area contributed by atoms with E-state index in [9.17, 15) is 30.3 Å². The fourth-order valence-corrected chi connectivity index (χ4v) is 13.4. The number of ether oxygens (including phenoxy) is 2. The van der Waals surface area contributed by atoms with E-state index >= 15 is 0 Å². The summed E-state index contributed by atoms with van der Waals surface area (Å²) < 4.78 is 11.4. The van der Waals surface area contributed by atoms with E-state index in [-0.39, 0.29) is 12.5 Å². The van der Waals surface area contributed by atoms with Crippen LogP contribution in [0.15, 0.2) is 72.9 Å². The van der Waals surface area contributed by atoms with Crippen molar-refractivity contribution < 1.29 is 39.8 Å². The highest BCUT2D eigenvalue weighted by molar-refractivity contribution is 5.76. The smallest absolute Gasteiger partial charge is 0.220 e. The van der Waals surface area contributed by atoms with Gasteiger partial charge in [-0.3, -0.25) is 4.79 Å². The molecule has 556 valence electrons. The van der Waals surface area contributed by atoms with Crippen molar-refractivity contribution in [3.8, 4) is 0 Å². The molecule has 1 fully saturated rings. The molecule has 0 aromatic rings. The molecule has 95 heavy (non-hydrogen) atoms. The second-order valence-electron chi connectivity index (χ2n) is 28.9. The summed E-state index contributed by atoms with van der Waals surface area (Å²) in [4.78, 5) is 13.2. The van der Waals surface area contributed by atoms with E-state index in [0.717, 1.165) is 70.6 Å². The number of rotatable bonds is 74. The van der Waals surface area contributed by atoms with Gasteiger partial charge in [0.15, 0.2) is 6.29 Å². The Morgan fingerprint density at radius 2 is 0.653 bits per heavy atom. The summed E-state index contributed by atoms with van der Waals surface area (Å²) in [5.74, 6) is -0.168. The van der Waals surface area contributed by atoms with Gasteiger partial charge in [0.1, 0.15) is 24.4 Å². The molecule has 0 radical (unpaired) electrons. The van der Waals surface area contributed by atoms with Crippen LogP contribution >= 0.6 is 0 Å². The minimum absolute atomic E-state index is 0.168. The number of carbonyl (C=O) groups excluding carboxylic acids is 1. The van der Waals surface area contributed by atoms with Gasteiger partial charge < -0.3 is 40.3 Å². The van der Waals surface area contributed by atoms with E-state index in [0.29, 0.717) is 6.42 Å². The first-order valence-corrected chi connectivity index (χ1v) is 41.7. The number of aliphatic hydroxyl groups excluding tert-OH is 5. The van der Waals surface area contributed by atoms with E-state index in [2.05, 4.69) is 79.9 Å². The first-order chi connectivity index (χ1) is 46.8. The number of carbonyl (C=O) groups is 1. The number of hydrogen-bond donors (Lipinski definition) is 6.